The van der Waals surface area contributed by atoms with Gasteiger partial charge in [0.1, 0.15) is 5.75 Å². The molecule has 44 heavy (non-hydrogen) atoms. The van der Waals surface area contributed by atoms with E-state index in [1.165, 1.54) is 7.11 Å². The molecule has 0 bridgehead atoms. The standard InChI is InChI=1S/C35H39N3O6/c1-43-30-15-9-7-13-28(30)32(40)37-25-18-22-38(23-19-25)33(41)27-16-20-35(24-10-4-3-5-11-24,29-14-8-6-12-26(27)29)34(42)36-21-17-31(39)44-2/h3-15,25,27H,16-23H2,1-2H3,(H,36,42)(H,37,40)/t27-,35+/m0/s1. The van der Waals surface area contributed by atoms with E-state index in [9.17, 15) is 19.2 Å². The molecule has 1 heterocycles. The van der Waals surface area contributed by atoms with Crippen LogP contribution < -0.4 is 15.4 Å². The fraction of sp³-hybridized carbons (Fsp3) is 0.371. The molecule has 5 rings (SSSR count). The second-order valence-electron chi connectivity index (χ2n) is 11.3. The maximum atomic E-state index is 14.0. The second-order valence-corrected chi connectivity index (χ2v) is 11.3. The first-order chi connectivity index (χ1) is 21.4. The largest absolute Gasteiger partial charge is 0.496 e. The van der Waals surface area contributed by atoms with Crippen LogP contribution in [0.25, 0.3) is 0 Å². The van der Waals surface area contributed by atoms with Gasteiger partial charge in [0, 0.05) is 25.7 Å². The summed E-state index contributed by atoms with van der Waals surface area (Å²) in [6, 6.07) is 24.4. The molecule has 0 aromatic heterocycles. The van der Waals surface area contributed by atoms with Crippen molar-refractivity contribution in [2.24, 2.45) is 0 Å². The van der Waals surface area contributed by atoms with Crippen LogP contribution in [0.2, 0.25) is 0 Å². The molecule has 0 radical (unpaired) electrons. The van der Waals surface area contributed by atoms with Gasteiger partial charge in [-0.2, -0.15) is 0 Å². The van der Waals surface area contributed by atoms with Crippen LogP contribution in [-0.4, -0.2) is 68.5 Å². The molecule has 3 aromatic rings. The first-order valence-electron chi connectivity index (χ1n) is 15.1. The van der Waals surface area contributed by atoms with Crippen LogP contribution in [0.1, 0.15) is 65.1 Å². The Labute approximate surface area is 257 Å². The van der Waals surface area contributed by atoms with Crippen LogP contribution in [0.15, 0.2) is 78.9 Å². The van der Waals surface area contributed by atoms with E-state index in [4.69, 9.17) is 9.47 Å². The van der Waals surface area contributed by atoms with Gasteiger partial charge in [-0.3, -0.25) is 19.2 Å². The van der Waals surface area contributed by atoms with Gasteiger partial charge in [0.15, 0.2) is 0 Å². The smallest absolute Gasteiger partial charge is 0.307 e. The van der Waals surface area contributed by atoms with E-state index in [2.05, 4.69) is 10.6 Å². The number of benzene rings is 3. The molecule has 9 nitrogen and oxygen atoms in total. The van der Waals surface area contributed by atoms with Gasteiger partial charge < -0.3 is 25.0 Å². The summed E-state index contributed by atoms with van der Waals surface area (Å²) in [6.07, 6.45) is 2.32. The third-order valence-corrected chi connectivity index (χ3v) is 8.89. The average Bonchev–Trinajstić information content (AvgIpc) is 3.08. The molecule has 2 atom stereocenters. The van der Waals surface area contributed by atoms with Crippen LogP contribution in [0, 0.1) is 0 Å². The van der Waals surface area contributed by atoms with Crippen molar-refractivity contribution in [3.63, 3.8) is 0 Å². The predicted molar refractivity (Wildman–Crippen MR) is 165 cm³/mol. The maximum absolute atomic E-state index is 14.0. The molecule has 2 aliphatic rings. The van der Waals surface area contributed by atoms with Gasteiger partial charge in [-0.05, 0) is 54.5 Å². The van der Waals surface area contributed by atoms with Gasteiger partial charge in [0.25, 0.3) is 5.91 Å². The van der Waals surface area contributed by atoms with Gasteiger partial charge in [0.2, 0.25) is 11.8 Å². The molecule has 1 fully saturated rings. The van der Waals surface area contributed by atoms with E-state index in [-0.39, 0.29) is 42.6 Å². The van der Waals surface area contributed by atoms with Gasteiger partial charge in [-0.1, -0.05) is 66.7 Å². The van der Waals surface area contributed by atoms with Crippen LogP contribution in [0.3, 0.4) is 0 Å². The monoisotopic (exact) mass is 597 g/mol. The zero-order valence-electron chi connectivity index (χ0n) is 25.2. The van der Waals surface area contributed by atoms with Gasteiger partial charge in [0.05, 0.1) is 37.5 Å². The Bertz CT molecular complexity index is 1500. The van der Waals surface area contributed by atoms with Crippen molar-refractivity contribution in [3.05, 3.63) is 101 Å². The lowest BCUT2D eigenvalue weighted by Gasteiger charge is -2.42. The summed E-state index contributed by atoms with van der Waals surface area (Å²) in [5.41, 5.74) is 2.00. The highest BCUT2D eigenvalue weighted by molar-refractivity contribution is 5.97. The number of nitrogens with one attached hydrogen (secondary N) is 2. The average molecular weight is 598 g/mol. The molecule has 0 unspecified atom stereocenters. The maximum Gasteiger partial charge on any atom is 0.307 e. The number of likely N-dealkylation sites (tertiary alicyclic amines) is 1. The van der Waals surface area contributed by atoms with Crippen LogP contribution >= 0.6 is 0 Å². The molecular formula is C35H39N3O6. The summed E-state index contributed by atoms with van der Waals surface area (Å²) in [5.74, 6) is -0.590. The Morgan fingerprint density at radius 1 is 0.864 bits per heavy atom. The summed E-state index contributed by atoms with van der Waals surface area (Å²) in [6.45, 7) is 1.23. The Kier molecular flexibility index (Phi) is 9.62. The van der Waals surface area contributed by atoms with Crippen molar-refractivity contribution in [3.8, 4) is 5.75 Å². The molecule has 9 heteroatoms. The normalized spacial score (nSPS) is 19.8. The number of carbonyl (C=O) groups excluding carboxylic acids is 4. The third-order valence-electron chi connectivity index (χ3n) is 8.89. The highest BCUT2D eigenvalue weighted by Gasteiger charge is 2.48. The Balaban J connectivity index is 1.32. The molecule has 0 saturated carbocycles. The number of fused-ring (bicyclic) bond motifs is 1. The summed E-state index contributed by atoms with van der Waals surface area (Å²) < 4.78 is 10.1. The van der Waals surface area contributed by atoms with Gasteiger partial charge in [-0.25, -0.2) is 0 Å². The number of hydrogen-bond acceptors (Lipinski definition) is 6. The number of para-hydroxylation sites is 1. The van der Waals surface area contributed by atoms with Crippen molar-refractivity contribution in [2.45, 2.75) is 49.5 Å². The lowest BCUT2D eigenvalue weighted by atomic mass is 9.62. The molecule has 1 saturated heterocycles. The summed E-state index contributed by atoms with van der Waals surface area (Å²) >= 11 is 0. The zero-order valence-corrected chi connectivity index (χ0v) is 25.2. The minimum atomic E-state index is -0.999. The van der Waals surface area contributed by atoms with Gasteiger partial charge in [-0.15, -0.1) is 0 Å². The second kappa shape index (κ2) is 13.8. The van der Waals surface area contributed by atoms with Gasteiger partial charge >= 0.3 is 5.97 Å². The fourth-order valence-corrected chi connectivity index (χ4v) is 6.58. The minimum Gasteiger partial charge on any atom is -0.496 e. The van der Waals surface area contributed by atoms with Crippen molar-refractivity contribution >= 4 is 23.7 Å². The lowest BCUT2D eigenvalue weighted by molar-refractivity contribution is -0.140. The molecular weight excluding hydrogens is 558 g/mol. The molecule has 1 aliphatic carbocycles. The third kappa shape index (κ3) is 6.18. The Morgan fingerprint density at radius 3 is 2.27 bits per heavy atom. The first-order valence-corrected chi connectivity index (χ1v) is 15.1. The fourth-order valence-electron chi connectivity index (χ4n) is 6.58. The lowest BCUT2D eigenvalue weighted by Crippen LogP contribution is -2.51. The van der Waals surface area contributed by atoms with Crippen molar-refractivity contribution in [2.75, 3.05) is 33.9 Å². The van der Waals surface area contributed by atoms with E-state index in [0.29, 0.717) is 50.1 Å². The van der Waals surface area contributed by atoms with Crippen LogP contribution in [0.5, 0.6) is 5.75 Å². The number of methoxy groups -OCH3 is 2. The van der Waals surface area contributed by atoms with Crippen molar-refractivity contribution in [1.82, 2.24) is 15.5 Å². The molecule has 0 spiro atoms. The zero-order chi connectivity index (χ0) is 31.1. The van der Waals surface area contributed by atoms with E-state index < -0.39 is 11.4 Å². The van der Waals surface area contributed by atoms with E-state index >= 15 is 0 Å². The molecule has 3 amide bonds. The SMILES string of the molecule is COC(=O)CCNC(=O)[C@@]1(c2ccccc2)CC[C@H](C(=O)N2CCC(NC(=O)c3ccccc3OC)CC2)c2ccccc21. The highest BCUT2D eigenvalue weighted by Crippen LogP contribution is 2.48. The molecule has 1 aliphatic heterocycles. The Morgan fingerprint density at radius 2 is 1.55 bits per heavy atom. The minimum absolute atomic E-state index is 0.0414. The quantitative estimate of drug-likeness (QED) is 0.361. The summed E-state index contributed by atoms with van der Waals surface area (Å²) in [7, 11) is 2.87. The molecule has 2 N–H and O–H groups in total. The topological polar surface area (TPSA) is 114 Å². The number of carbonyl (C=O) groups is 4. The number of piperidine rings is 1. The molecule has 230 valence electrons. The van der Waals surface area contributed by atoms with Crippen molar-refractivity contribution in [1.29, 1.82) is 0 Å². The van der Waals surface area contributed by atoms with Crippen molar-refractivity contribution < 1.29 is 28.7 Å². The number of hydrogen-bond donors (Lipinski definition) is 2. The van der Waals surface area contributed by atoms with E-state index in [1.807, 2.05) is 65.6 Å². The number of ether oxygens (including phenoxy) is 2. The first kappa shape index (κ1) is 30.8. The number of nitrogens with zero attached hydrogens (tertiary/aromatic N) is 1. The summed E-state index contributed by atoms with van der Waals surface area (Å²) in [5, 5.41) is 6.07. The summed E-state index contributed by atoms with van der Waals surface area (Å²) in [4.78, 5) is 54.5. The predicted octanol–water partition coefficient (Wildman–Crippen LogP) is 3.96. The number of amides is 3. The van der Waals surface area contributed by atoms with Crippen LogP contribution in [0.4, 0.5) is 0 Å². The highest BCUT2D eigenvalue weighted by atomic mass is 16.5. The number of rotatable bonds is 9. The Hall–Kier alpha value is -4.66. The van der Waals surface area contributed by atoms with E-state index in [1.54, 1.807) is 25.3 Å². The van der Waals surface area contributed by atoms with E-state index in [0.717, 1.165) is 16.7 Å². The number of esters is 1. The van der Waals surface area contributed by atoms with Crippen LogP contribution in [-0.2, 0) is 24.5 Å². The molecule has 3 aromatic carbocycles.